The highest BCUT2D eigenvalue weighted by Gasteiger charge is 2.38. The Bertz CT molecular complexity index is 1660. The lowest BCUT2D eigenvalue weighted by Crippen LogP contribution is -2.53. The minimum Gasteiger partial charge on any atom is -0.352 e. The summed E-state index contributed by atoms with van der Waals surface area (Å²) in [5, 5.41) is 2.78. The number of halogens is 6. The van der Waals surface area contributed by atoms with Gasteiger partial charge in [-0.1, -0.05) is 78.3 Å². The van der Waals surface area contributed by atoms with E-state index < -0.39 is 56.9 Å². The van der Waals surface area contributed by atoms with Crippen LogP contribution in [0.15, 0.2) is 65.6 Å². The molecule has 46 heavy (non-hydrogen) atoms. The second-order valence-corrected chi connectivity index (χ2v) is 14.2. The number of sulfonamides is 1. The highest BCUT2D eigenvalue weighted by atomic mass is 35.5. The number of amides is 2. The number of hydrogen-bond donors (Lipinski definition) is 1. The van der Waals surface area contributed by atoms with Crippen LogP contribution in [0.1, 0.15) is 55.7 Å². The van der Waals surface area contributed by atoms with Crippen LogP contribution < -0.4 is 9.62 Å². The van der Waals surface area contributed by atoms with E-state index in [-0.39, 0.29) is 33.9 Å². The summed E-state index contributed by atoms with van der Waals surface area (Å²) in [5.74, 6) is -1.30. The number of aryl methyl sites for hydroxylation is 1. The van der Waals surface area contributed by atoms with Crippen molar-refractivity contribution in [3.63, 3.8) is 0 Å². The van der Waals surface area contributed by atoms with Crippen LogP contribution in [0.25, 0.3) is 0 Å². The molecule has 0 unspecified atom stereocenters. The molecule has 0 aromatic heterocycles. The van der Waals surface area contributed by atoms with Crippen LogP contribution in [0.3, 0.4) is 0 Å². The van der Waals surface area contributed by atoms with Crippen LogP contribution in [0.5, 0.6) is 0 Å². The molecule has 3 aromatic carbocycles. The fourth-order valence-electron chi connectivity index (χ4n) is 5.39. The molecule has 0 aliphatic heterocycles. The van der Waals surface area contributed by atoms with Gasteiger partial charge in [0.25, 0.3) is 10.0 Å². The predicted octanol–water partition coefficient (Wildman–Crippen LogP) is 8.04. The Kier molecular flexibility index (Phi) is 11.6. The normalized spacial score (nSPS) is 14.6. The molecule has 1 aliphatic rings. The van der Waals surface area contributed by atoms with Gasteiger partial charge in [-0.2, -0.15) is 13.2 Å². The maximum absolute atomic E-state index is 14.3. The summed E-state index contributed by atoms with van der Waals surface area (Å²) in [7, 11) is -4.61. The van der Waals surface area contributed by atoms with Crippen LogP contribution in [-0.4, -0.2) is 43.8 Å². The quantitative estimate of drug-likeness (QED) is 0.218. The van der Waals surface area contributed by atoms with Crippen molar-refractivity contribution in [2.75, 3.05) is 10.8 Å². The first-order chi connectivity index (χ1) is 21.6. The van der Waals surface area contributed by atoms with Gasteiger partial charge in [0.05, 0.1) is 21.2 Å². The summed E-state index contributed by atoms with van der Waals surface area (Å²) in [6.07, 6.45) is -1.29. The summed E-state index contributed by atoms with van der Waals surface area (Å²) in [5.41, 5.74) is -0.644. The zero-order valence-electron chi connectivity index (χ0n) is 25.1. The zero-order chi connectivity index (χ0) is 33.8. The number of nitrogens with one attached hydrogen (secondary N) is 1. The van der Waals surface area contributed by atoms with Crippen molar-refractivity contribution in [2.45, 2.75) is 75.7 Å². The Balaban J connectivity index is 1.81. The number of rotatable bonds is 11. The number of carbonyl (C=O) groups excluding carboxylic acids is 2. The summed E-state index contributed by atoms with van der Waals surface area (Å²) in [6.45, 7) is 2.24. The van der Waals surface area contributed by atoms with Crippen LogP contribution in [0.4, 0.5) is 18.9 Å². The molecule has 2 amide bonds. The van der Waals surface area contributed by atoms with Crippen LogP contribution in [-0.2, 0) is 32.3 Å². The fraction of sp³-hybridized carbons (Fsp3) is 0.375. The van der Waals surface area contributed by atoms with Gasteiger partial charge in [-0.25, -0.2) is 8.42 Å². The van der Waals surface area contributed by atoms with Gasteiger partial charge in [-0.3, -0.25) is 13.9 Å². The van der Waals surface area contributed by atoms with Gasteiger partial charge < -0.3 is 10.2 Å². The van der Waals surface area contributed by atoms with Gasteiger partial charge in [-0.15, -0.1) is 0 Å². The Morgan fingerprint density at radius 2 is 1.57 bits per heavy atom. The average molecular weight is 719 g/mol. The van der Waals surface area contributed by atoms with Gasteiger partial charge in [0.15, 0.2) is 0 Å². The summed E-state index contributed by atoms with van der Waals surface area (Å²) >= 11 is 18.7. The smallest absolute Gasteiger partial charge is 0.352 e. The molecule has 1 aliphatic carbocycles. The molecule has 1 fully saturated rings. The maximum Gasteiger partial charge on any atom is 0.417 e. The van der Waals surface area contributed by atoms with Gasteiger partial charge >= 0.3 is 6.18 Å². The van der Waals surface area contributed by atoms with E-state index in [9.17, 15) is 31.2 Å². The maximum atomic E-state index is 14.3. The molecule has 1 N–H and O–H groups in total. The first kappa shape index (κ1) is 35.9. The van der Waals surface area contributed by atoms with E-state index in [1.807, 2.05) is 0 Å². The lowest BCUT2D eigenvalue weighted by molar-refractivity contribution is -0.140. The Labute approximate surface area is 281 Å². The van der Waals surface area contributed by atoms with Gasteiger partial charge in [-0.05, 0) is 68.7 Å². The first-order valence-corrected chi connectivity index (χ1v) is 17.2. The predicted molar refractivity (Wildman–Crippen MR) is 174 cm³/mol. The fourth-order valence-corrected chi connectivity index (χ4v) is 7.54. The van der Waals surface area contributed by atoms with Crippen molar-refractivity contribution in [3.8, 4) is 0 Å². The van der Waals surface area contributed by atoms with Gasteiger partial charge in [0, 0.05) is 28.2 Å². The zero-order valence-corrected chi connectivity index (χ0v) is 28.2. The van der Waals surface area contributed by atoms with E-state index in [0.717, 1.165) is 43.4 Å². The SMILES string of the molecule is CC[C@H](C(=O)NC1CCCC1)N(Cc1c(Cl)cccc1Cl)C(=O)CN(c1ccc(Cl)c(C(F)(F)F)c1)S(=O)(=O)c1ccc(C)cc1. The van der Waals surface area contributed by atoms with Crippen molar-refractivity contribution in [1.82, 2.24) is 10.2 Å². The molecule has 4 rings (SSSR count). The number of anilines is 1. The molecule has 0 bridgehead atoms. The largest absolute Gasteiger partial charge is 0.417 e. The number of benzene rings is 3. The summed E-state index contributed by atoms with van der Waals surface area (Å²) in [6, 6.07) is 11.8. The second-order valence-electron chi connectivity index (χ2n) is 11.1. The third kappa shape index (κ3) is 8.29. The van der Waals surface area contributed by atoms with E-state index in [2.05, 4.69) is 5.32 Å². The monoisotopic (exact) mass is 717 g/mol. The molecule has 3 aromatic rings. The second kappa shape index (κ2) is 14.8. The summed E-state index contributed by atoms with van der Waals surface area (Å²) < 4.78 is 70.3. The molecule has 0 spiro atoms. The summed E-state index contributed by atoms with van der Waals surface area (Å²) in [4.78, 5) is 28.8. The van der Waals surface area contributed by atoms with Crippen molar-refractivity contribution in [2.24, 2.45) is 0 Å². The van der Waals surface area contributed by atoms with Crippen LogP contribution in [0.2, 0.25) is 15.1 Å². The van der Waals surface area contributed by atoms with Crippen molar-refractivity contribution < 1.29 is 31.2 Å². The van der Waals surface area contributed by atoms with Crippen LogP contribution >= 0.6 is 34.8 Å². The topological polar surface area (TPSA) is 86.8 Å². The highest BCUT2D eigenvalue weighted by molar-refractivity contribution is 7.92. The highest BCUT2D eigenvalue weighted by Crippen LogP contribution is 2.38. The number of carbonyl (C=O) groups is 2. The molecule has 248 valence electrons. The van der Waals surface area contributed by atoms with Crippen molar-refractivity contribution in [3.05, 3.63) is 92.4 Å². The molecule has 7 nitrogen and oxygen atoms in total. The van der Waals surface area contributed by atoms with E-state index >= 15 is 0 Å². The van der Waals surface area contributed by atoms with E-state index in [1.165, 1.54) is 29.2 Å². The number of nitrogens with zero attached hydrogens (tertiary/aromatic N) is 2. The molecular formula is C32H33Cl3F3N3O4S. The average Bonchev–Trinajstić information content (AvgIpc) is 3.50. The standard InChI is InChI=1S/C32H33Cl3F3N3O4S/c1-3-29(31(43)39-21-7-4-5-8-21)40(18-24-26(33)9-6-10-27(24)34)30(42)19-41(46(44,45)23-14-11-20(2)12-15-23)22-13-16-28(35)25(17-22)32(36,37)38/h6,9-17,21,29H,3-5,7-8,18-19H2,1-2H3,(H,39,43)/t29-/m1/s1. The first-order valence-electron chi connectivity index (χ1n) is 14.6. The van der Waals surface area contributed by atoms with E-state index in [1.54, 1.807) is 32.0 Å². The molecule has 1 saturated carbocycles. The van der Waals surface area contributed by atoms with E-state index in [0.29, 0.717) is 15.9 Å². The van der Waals surface area contributed by atoms with Gasteiger partial charge in [0.2, 0.25) is 11.8 Å². The number of hydrogen-bond acceptors (Lipinski definition) is 4. The number of alkyl halides is 3. The van der Waals surface area contributed by atoms with Crippen molar-refractivity contribution in [1.29, 1.82) is 0 Å². The Morgan fingerprint density at radius 3 is 2.13 bits per heavy atom. The minimum absolute atomic E-state index is 0.0735. The van der Waals surface area contributed by atoms with E-state index in [4.69, 9.17) is 34.8 Å². The molecule has 0 radical (unpaired) electrons. The molecule has 14 heteroatoms. The van der Waals surface area contributed by atoms with Crippen molar-refractivity contribution >= 4 is 62.3 Å². The lowest BCUT2D eigenvalue weighted by Gasteiger charge is -2.34. The third-order valence-corrected chi connectivity index (χ3v) is 10.7. The lowest BCUT2D eigenvalue weighted by atomic mass is 10.1. The van der Waals surface area contributed by atoms with Gasteiger partial charge in [0.1, 0.15) is 12.6 Å². The third-order valence-electron chi connectivity index (χ3n) is 7.91. The Hall–Kier alpha value is -2.99. The minimum atomic E-state index is -4.91. The molecule has 0 saturated heterocycles. The Morgan fingerprint density at radius 1 is 0.957 bits per heavy atom. The molecule has 1 atom stereocenters. The van der Waals surface area contributed by atoms with Crippen LogP contribution in [0, 0.1) is 6.92 Å². The molecular weight excluding hydrogens is 686 g/mol. The molecule has 0 heterocycles.